The summed E-state index contributed by atoms with van der Waals surface area (Å²) in [5.41, 5.74) is 0. The zero-order valence-electron chi connectivity index (χ0n) is 22.7. The minimum atomic E-state index is -1.88. The van der Waals surface area contributed by atoms with Gasteiger partial charge >= 0.3 is 0 Å². The van der Waals surface area contributed by atoms with E-state index in [9.17, 15) is 29.4 Å². The number of aliphatic hydroxyl groups is 12. The fourth-order valence-corrected chi connectivity index (χ4v) is 2.19. The Bertz CT molecular complexity index is 695. The van der Waals surface area contributed by atoms with E-state index >= 15 is 0 Å². The van der Waals surface area contributed by atoms with Crippen molar-refractivity contribution in [3.05, 3.63) is 0 Å². The van der Waals surface area contributed by atoms with Crippen LogP contribution in [0.25, 0.3) is 0 Å². The largest absolute Gasteiger partial charge is 0.391 e. The summed E-state index contributed by atoms with van der Waals surface area (Å²) >= 11 is 0. The van der Waals surface area contributed by atoms with E-state index in [1.165, 1.54) is 20.8 Å². The molecule has 0 aromatic rings. The van der Waals surface area contributed by atoms with Crippen molar-refractivity contribution in [2.45, 2.75) is 81.8 Å². The summed E-state index contributed by atoms with van der Waals surface area (Å²) in [4.78, 5) is 41.2. The molecular formula is C21H44O18P2. The molecule has 12 unspecified atom stereocenters. The second kappa shape index (κ2) is 27.8. The Kier molecular flexibility index (Phi) is 31.8. The van der Waals surface area contributed by atoms with Crippen molar-refractivity contribution >= 4 is 42.6 Å². The molecule has 0 aliphatic heterocycles. The summed E-state index contributed by atoms with van der Waals surface area (Å²) in [6, 6.07) is 0. The van der Waals surface area contributed by atoms with E-state index in [0.717, 1.165) is 0 Å². The molecule has 0 aromatic heterocycles. The monoisotopic (exact) mass is 646 g/mol. The maximum Gasteiger partial charge on any atom is 0.189 e. The van der Waals surface area contributed by atoms with Crippen LogP contribution >= 0.6 is 18.9 Å². The van der Waals surface area contributed by atoms with Crippen molar-refractivity contribution in [2.24, 2.45) is 0 Å². The third kappa shape index (κ3) is 24.2. The van der Waals surface area contributed by atoms with Crippen LogP contribution in [-0.2, 0) is 28.2 Å². The lowest BCUT2D eigenvalue weighted by Crippen LogP contribution is -2.47. The highest BCUT2D eigenvalue weighted by atomic mass is 31.0. The van der Waals surface area contributed by atoms with Crippen molar-refractivity contribution in [1.29, 1.82) is 0 Å². The Balaban J connectivity index is -0.000000234. The fourth-order valence-electron chi connectivity index (χ4n) is 1.84. The second-order valence-electron chi connectivity index (χ2n) is 8.11. The zero-order valence-corrected chi connectivity index (χ0v) is 25.0. The molecule has 20 heteroatoms. The van der Waals surface area contributed by atoms with Gasteiger partial charge in [0.25, 0.3) is 0 Å². The van der Waals surface area contributed by atoms with Crippen molar-refractivity contribution in [3.63, 3.8) is 0 Å². The van der Waals surface area contributed by atoms with E-state index < -0.39 is 92.4 Å². The van der Waals surface area contributed by atoms with Crippen LogP contribution in [0.3, 0.4) is 0 Å². The average Bonchev–Trinajstić information content (AvgIpc) is 2.94. The Hall–Kier alpha value is -1.02. The van der Waals surface area contributed by atoms with Crippen LogP contribution in [0.1, 0.15) is 20.8 Å². The van der Waals surface area contributed by atoms with Crippen LogP contribution in [0.2, 0.25) is 0 Å². The Labute approximate surface area is 240 Å². The normalized spacial score (nSPS) is 17.9. The molecule has 0 aromatic carbocycles. The standard InChI is InChI=1S/C7H15O6P.C7H14O6.C4H8O3.C3H7O3P/c1-3(8)5(10)7(12)6(11)4(9)2-13-14;1-3(9)5(11)7(13)6(12)4(10)2-8;1-3(6)4(7)2-5;4-1-3(5)2-6-7/h3,5-8,10-12H,2,14H2,1H3;3,5-9,11-13H,2H2,1H3;2-4,6-7H,1H3;4H,1-2,7H2. The molecule has 0 bridgehead atoms. The summed E-state index contributed by atoms with van der Waals surface area (Å²) in [6.45, 7) is 2.00. The van der Waals surface area contributed by atoms with Gasteiger partial charge in [0.15, 0.2) is 23.6 Å². The molecule has 41 heavy (non-hydrogen) atoms. The number of hydrogen-bond donors (Lipinski definition) is 12. The van der Waals surface area contributed by atoms with Gasteiger partial charge in [0.2, 0.25) is 0 Å². The number of carbonyl (C=O) groups is 4. The first-order valence-corrected chi connectivity index (χ1v) is 12.4. The average molecular weight is 647 g/mol. The highest BCUT2D eigenvalue weighted by Crippen LogP contribution is 2.07. The maximum atomic E-state index is 11.0. The molecule has 0 rings (SSSR count). The van der Waals surface area contributed by atoms with Crippen LogP contribution in [0, 0.1) is 0 Å². The van der Waals surface area contributed by atoms with Crippen LogP contribution < -0.4 is 0 Å². The van der Waals surface area contributed by atoms with E-state index in [1.807, 2.05) is 18.9 Å². The summed E-state index contributed by atoms with van der Waals surface area (Å²) < 4.78 is 8.67. The molecule has 0 fully saturated rings. The van der Waals surface area contributed by atoms with Gasteiger partial charge in [0, 0.05) is 18.9 Å². The molecule has 0 aliphatic carbocycles. The molecule has 12 atom stereocenters. The van der Waals surface area contributed by atoms with E-state index in [-0.39, 0.29) is 12.4 Å². The summed E-state index contributed by atoms with van der Waals surface area (Å²) in [5, 5.41) is 105. The van der Waals surface area contributed by atoms with Gasteiger partial charge in [-0.25, -0.2) is 0 Å². The van der Waals surface area contributed by atoms with Gasteiger partial charge < -0.3 is 75.1 Å². The Morgan fingerprint density at radius 2 is 0.976 bits per heavy atom. The number of carbonyl (C=O) groups excluding carboxylic acids is 4. The lowest BCUT2D eigenvalue weighted by molar-refractivity contribution is -0.146. The fraction of sp³-hybridized carbons (Fsp3) is 0.810. The lowest BCUT2D eigenvalue weighted by Gasteiger charge is -2.23. The molecule has 0 spiro atoms. The molecule has 246 valence electrons. The molecule has 0 radical (unpaired) electrons. The lowest BCUT2D eigenvalue weighted by atomic mass is 10.0. The predicted molar refractivity (Wildman–Crippen MR) is 144 cm³/mol. The van der Waals surface area contributed by atoms with E-state index in [0.29, 0.717) is 6.29 Å². The SMILES string of the molecule is CC(O)C(O)C(O)C(O)C(=O)CO.CC(O)C(O)C(O)C(O)C(=O)COP.CC(O)C(O)C=O.O=C(CO)COP. The number of hydrogen-bond acceptors (Lipinski definition) is 18. The van der Waals surface area contributed by atoms with Gasteiger partial charge in [0.05, 0.1) is 18.3 Å². The van der Waals surface area contributed by atoms with Crippen LogP contribution in [-0.4, -0.2) is 172 Å². The van der Waals surface area contributed by atoms with Gasteiger partial charge in [-0.05, 0) is 20.8 Å². The summed E-state index contributed by atoms with van der Waals surface area (Å²) in [7, 11) is 3.74. The number of aldehydes is 1. The molecule has 18 nitrogen and oxygen atoms in total. The van der Waals surface area contributed by atoms with E-state index in [1.54, 1.807) is 0 Å². The molecular weight excluding hydrogens is 602 g/mol. The van der Waals surface area contributed by atoms with Crippen molar-refractivity contribution in [1.82, 2.24) is 0 Å². The molecule has 12 N–H and O–H groups in total. The molecule has 0 saturated carbocycles. The van der Waals surface area contributed by atoms with Crippen LogP contribution in [0.4, 0.5) is 0 Å². The van der Waals surface area contributed by atoms with Gasteiger partial charge in [-0.1, -0.05) is 0 Å². The highest BCUT2D eigenvalue weighted by Gasteiger charge is 2.33. The minimum absolute atomic E-state index is 0.0266. The topological polar surface area (TPSA) is 330 Å². The van der Waals surface area contributed by atoms with E-state index in [4.69, 9.17) is 51.1 Å². The van der Waals surface area contributed by atoms with Crippen LogP contribution in [0.5, 0.6) is 0 Å². The molecule has 0 saturated heterocycles. The summed E-state index contributed by atoms with van der Waals surface area (Å²) in [5.74, 6) is -2.09. The smallest absolute Gasteiger partial charge is 0.189 e. The second-order valence-corrected chi connectivity index (χ2v) is 8.78. The quantitative estimate of drug-likeness (QED) is 0.0547. The van der Waals surface area contributed by atoms with Gasteiger partial charge in [0.1, 0.15) is 69.2 Å². The number of rotatable bonds is 16. The minimum Gasteiger partial charge on any atom is -0.391 e. The molecule has 0 aliphatic rings. The third-order valence-corrected chi connectivity index (χ3v) is 4.76. The maximum absolute atomic E-state index is 11.0. The number of aliphatic hydroxyl groups excluding tert-OH is 12. The summed E-state index contributed by atoms with van der Waals surface area (Å²) in [6.07, 6.45) is -14.7. The van der Waals surface area contributed by atoms with E-state index in [2.05, 4.69) is 9.05 Å². The first kappa shape index (κ1) is 46.9. The first-order valence-electron chi connectivity index (χ1n) is 11.5. The molecule has 0 amide bonds. The Morgan fingerprint density at radius 1 is 0.610 bits per heavy atom. The molecule has 0 heterocycles. The number of ketones is 3. The predicted octanol–water partition coefficient (Wildman–Crippen LogP) is -6.88. The first-order chi connectivity index (χ1) is 18.8. The van der Waals surface area contributed by atoms with Gasteiger partial charge in [-0.3, -0.25) is 14.4 Å². The number of Topliss-reactive ketones (excluding diaryl/α,β-unsaturated/α-hetero) is 3. The van der Waals surface area contributed by atoms with Crippen molar-refractivity contribution in [2.75, 3.05) is 26.4 Å². The van der Waals surface area contributed by atoms with Gasteiger partial charge in [-0.2, -0.15) is 0 Å². The Morgan fingerprint density at radius 3 is 1.17 bits per heavy atom. The van der Waals surface area contributed by atoms with Crippen molar-refractivity contribution < 1.29 is 89.5 Å². The third-order valence-electron chi connectivity index (χ3n) is 4.43. The van der Waals surface area contributed by atoms with Gasteiger partial charge in [-0.15, -0.1) is 0 Å². The zero-order chi connectivity index (χ0) is 33.5. The van der Waals surface area contributed by atoms with Crippen LogP contribution in [0.15, 0.2) is 0 Å². The highest BCUT2D eigenvalue weighted by molar-refractivity contribution is 7.10. The van der Waals surface area contributed by atoms with Crippen molar-refractivity contribution in [3.8, 4) is 0 Å².